The molecule has 0 bridgehead atoms. The van der Waals surface area contributed by atoms with Crippen LogP contribution in [0.2, 0.25) is 0 Å². The van der Waals surface area contributed by atoms with E-state index >= 15 is 0 Å². The third-order valence-corrected chi connectivity index (χ3v) is 8.75. The number of hydrogen-bond donors (Lipinski definition) is 0. The average Bonchev–Trinajstić information content (AvgIpc) is 3.54. The van der Waals surface area contributed by atoms with E-state index in [0.717, 1.165) is 60.1 Å². The van der Waals surface area contributed by atoms with Gasteiger partial charge in [0, 0.05) is 10.8 Å². The standard InChI is InChI=1S/C44H28O/c1-4-13-29(14-5-1)32-23-25-36-39(27-32)42(31-17-8-3-9-18-31)34-19-10-11-20-35(34)43(36)38-21-12-22-40-44(38)37-26-24-33(28-41(37)45-40)30-15-6-2-7-16-30/h1-28H/i2D,6D,7D,15D,16D. The monoisotopic (exact) mass is 577 g/mol. The lowest BCUT2D eigenvalue weighted by Crippen LogP contribution is -1.92. The van der Waals surface area contributed by atoms with E-state index in [4.69, 9.17) is 11.3 Å². The van der Waals surface area contributed by atoms with Crippen molar-refractivity contribution in [2.75, 3.05) is 0 Å². The van der Waals surface area contributed by atoms with Crippen LogP contribution >= 0.6 is 0 Å². The predicted octanol–water partition coefficient (Wildman–Crippen LogP) is 12.6. The molecule has 9 rings (SSSR count). The summed E-state index contributed by atoms with van der Waals surface area (Å²) in [5, 5.41) is 6.40. The third-order valence-electron chi connectivity index (χ3n) is 8.75. The summed E-state index contributed by atoms with van der Waals surface area (Å²) in [5.74, 6) is 0. The topological polar surface area (TPSA) is 13.1 Å². The first-order valence-electron chi connectivity index (χ1n) is 17.5. The van der Waals surface area contributed by atoms with E-state index in [-0.39, 0.29) is 29.7 Å². The summed E-state index contributed by atoms with van der Waals surface area (Å²) < 4.78 is 48.0. The number of hydrogen-bond acceptors (Lipinski definition) is 1. The van der Waals surface area contributed by atoms with E-state index in [0.29, 0.717) is 16.7 Å². The highest BCUT2D eigenvalue weighted by atomic mass is 16.3. The Balaban J connectivity index is 1.36. The van der Waals surface area contributed by atoms with Gasteiger partial charge in [-0.3, -0.25) is 0 Å². The first-order chi connectivity index (χ1) is 24.4. The van der Waals surface area contributed by atoms with Crippen LogP contribution in [0.25, 0.3) is 88.0 Å². The second-order valence-electron chi connectivity index (χ2n) is 11.3. The van der Waals surface area contributed by atoms with Gasteiger partial charge in [0.05, 0.1) is 6.85 Å². The van der Waals surface area contributed by atoms with Crippen molar-refractivity contribution in [1.82, 2.24) is 0 Å². The normalized spacial score (nSPS) is 13.1. The van der Waals surface area contributed by atoms with Gasteiger partial charge in [0.2, 0.25) is 0 Å². The largest absolute Gasteiger partial charge is 0.456 e. The molecule has 0 radical (unpaired) electrons. The van der Waals surface area contributed by atoms with Crippen LogP contribution in [-0.2, 0) is 0 Å². The van der Waals surface area contributed by atoms with Crippen LogP contribution < -0.4 is 0 Å². The molecule has 210 valence electrons. The zero-order chi connectivity index (χ0) is 34.1. The van der Waals surface area contributed by atoms with E-state index < -0.39 is 6.04 Å². The minimum Gasteiger partial charge on any atom is -0.456 e. The van der Waals surface area contributed by atoms with Crippen LogP contribution in [0.15, 0.2) is 174 Å². The van der Waals surface area contributed by atoms with Crippen molar-refractivity contribution in [2.24, 2.45) is 0 Å². The summed E-state index contributed by atoms with van der Waals surface area (Å²) in [4.78, 5) is 0. The lowest BCUT2D eigenvalue weighted by Gasteiger charge is -2.19. The Morgan fingerprint density at radius 2 is 1.00 bits per heavy atom. The maximum absolute atomic E-state index is 8.53. The third kappa shape index (κ3) is 4.17. The van der Waals surface area contributed by atoms with E-state index in [1.807, 2.05) is 36.4 Å². The summed E-state index contributed by atoms with van der Waals surface area (Å²) in [7, 11) is 0. The fourth-order valence-corrected chi connectivity index (χ4v) is 6.78. The molecule has 0 amide bonds. The average molecular weight is 578 g/mol. The quantitative estimate of drug-likeness (QED) is 0.190. The molecule has 0 N–H and O–H groups in total. The Hall–Kier alpha value is -5.92. The first-order valence-corrected chi connectivity index (χ1v) is 15.0. The fourth-order valence-electron chi connectivity index (χ4n) is 6.78. The van der Waals surface area contributed by atoms with Crippen molar-refractivity contribution < 1.29 is 11.3 Å². The SMILES string of the molecule is [2H]c1c([2H])c([2H])c(-c2ccc3c(c2)oc2cccc(-c4c5ccccc5c(-c5ccccc5)c5cc(-c6ccccc6)ccc45)c23)c([2H])c1[2H]. The van der Waals surface area contributed by atoms with Crippen LogP contribution in [0.1, 0.15) is 6.85 Å². The smallest absolute Gasteiger partial charge is 0.136 e. The maximum atomic E-state index is 8.53. The molecule has 45 heavy (non-hydrogen) atoms. The molecular weight excluding hydrogens is 544 g/mol. The van der Waals surface area contributed by atoms with Gasteiger partial charge >= 0.3 is 0 Å². The van der Waals surface area contributed by atoms with E-state index in [1.54, 1.807) is 6.07 Å². The summed E-state index contributed by atoms with van der Waals surface area (Å²) in [5.41, 5.74) is 8.72. The van der Waals surface area contributed by atoms with Crippen LogP contribution in [0.4, 0.5) is 0 Å². The summed E-state index contributed by atoms with van der Waals surface area (Å²) in [6.07, 6.45) is 0. The fraction of sp³-hybridized carbons (Fsp3) is 0. The van der Waals surface area contributed by atoms with Crippen molar-refractivity contribution >= 4 is 43.5 Å². The molecular formula is C44H28O. The summed E-state index contributed by atoms with van der Waals surface area (Å²) in [6.45, 7) is 0. The lowest BCUT2D eigenvalue weighted by atomic mass is 9.84. The highest BCUT2D eigenvalue weighted by Gasteiger charge is 2.21. The molecule has 0 aliphatic heterocycles. The Labute approximate surface area is 268 Å². The minimum absolute atomic E-state index is 0.154. The molecule has 8 aromatic carbocycles. The number of furan rings is 1. The van der Waals surface area contributed by atoms with E-state index in [2.05, 4.69) is 97.1 Å². The highest BCUT2D eigenvalue weighted by Crippen LogP contribution is 2.47. The molecule has 1 heterocycles. The zero-order valence-corrected chi connectivity index (χ0v) is 24.2. The van der Waals surface area contributed by atoms with Crippen LogP contribution in [0.3, 0.4) is 0 Å². The van der Waals surface area contributed by atoms with Gasteiger partial charge in [-0.05, 0) is 90.3 Å². The van der Waals surface area contributed by atoms with Gasteiger partial charge in [0.25, 0.3) is 0 Å². The molecule has 0 spiro atoms. The minimum atomic E-state index is -0.410. The number of rotatable bonds is 4. The van der Waals surface area contributed by atoms with Gasteiger partial charge in [-0.1, -0.05) is 145 Å². The Kier molecular flexibility index (Phi) is 4.81. The summed E-state index contributed by atoms with van der Waals surface area (Å²) in [6, 6.07) is 46.4. The van der Waals surface area contributed by atoms with Gasteiger partial charge in [-0.25, -0.2) is 0 Å². The Morgan fingerprint density at radius 3 is 1.76 bits per heavy atom. The van der Waals surface area contributed by atoms with Gasteiger partial charge in [-0.2, -0.15) is 0 Å². The summed E-state index contributed by atoms with van der Waals surface area (Å²) >= 11 is 0. The highest BCUT2D eigenvalue weighted by molar-refractivity contribution is 6.26. The zero-order valence-electron chi connectivity index (χ0n) is 29.2. The molecule has 1 nitrogen and oxygen atoms in total. The van der Waals surface area contributed by atoms with Crippen molar-refractivity contribution in [2.45, 2.75) is 0 Å². The molecule has 0 aliphatic rings. The Bertz CT molecular complexity index is 2780. The van der Waals surface area contributed by atoms with Crippen LogP contribution in [0.5, 0.6) is 0 Å². The molecule has 0 fully saturated rings. The molecule has 0 unspecified atom stereocenters. The molecule has 0 aliphatic carbocycles. The van der Waals surface area contributed by atoms with Crippen LogP contribution in [-0.4, -0.2) is 0 Å². The van der Waals surface area contributed by atoms with E-state index in [1.165, 1.54) is 5.56 Å². The van der Waals surface area contributed by atoms with E-state index in [9.17, 15) is 0 Å². The second kappa shape index (κ2) is 10.4. The molecule has 1 aromatic heterocycles. The number of fused-ring (bicyclic) bond motifs is 5. The molecule has 0 saturated carbocycles. The molecule has 0 atom stereocenters. The Morgan fingerprint density at radius 1 is 0.378 bits per heavy atom. The maximum Gasteiger partial charge on any atom is 0.136 e. The van der Waals surface area contributed by atoms with Crippen LogP contribution in [0, 0.1) is 0 Å². The van der Waals surface area contributed by atoms with Gasteiger partial charge in [-0.15, -0.1) is 0 Å². The van der Waals surface area contributed by atoms with Crippen molar-refractivity contribution in [1.29, 1.82) is 0 Å². The van der Waals surface area contributed by atoms with Crippen molar-refractivity contribution in [3.8, 4) is 44.5 Å². The van der Waals surface area contributed by atoms with Crippen molar-refractivity contribution in [3.63, 3.8) is 0 Å². The molecule has 9 aromatic rings. The first kappa shape index (κ1) is 20.9. The van der Waals surface area contributed by atoms with Gasteiger partial charge < -0.3 is 4.42 Å². The molecule has 1 heteroatoms. The molecule has 0 saturated heterocycles. The number of benzene rings is 8. The second-order valence-corrected chi connectivity index (χ2v) is 11.3. The van der Waals surface area contributed by atoms with Gasteiger partial charge in [0.1, 0.15) is 11.2 Å². The predicted molar refractivity (Wildman–Crippen MR) is 190 cm³/mol. The van der Waals surface area contributed by atoms with Crippen molar-refractivity contribution in [3.05, 3.63) is 170 Å². The lowest BCUT2D eigenvalue weighted by molar-refractivity contribution is 0.669. The van der Waals surface area contributed by atoms with Gasteiger partial charge in [0.15, 0.2) is 0 Å².